The van der Waals surface area contributed by atoms with E-state index in [1.165, 1.54) is 0 Å². The predicted molar refractivity (Wildman–Crippen MR) is 97.3 cm³/mol. The van der Waals surface area contributed by atoms with E-state index >= 15 is 0 Å². The fourth-order valence-electron chi connectivity index (χ4n) is 3.04. The van der Waals surface area contributed by atoms with Crippen LogP contribution in [0.2, 0.25) is 0 Å². The molecule has 25 heavy (non-hydrogen) atoms. The van der Waals surface area contributed by atoms with Crippen molar-refractivity contribution in [3.63, 3.8) is 0 Å². The lowest BCUT2D eigenvalue weighted by Crippen LogP contribution is -2.30. The minimum absolute atomic E-state index is 0.0724. The Morgan fingerprint density at radius 3 is 2.52 bits per heavy atom. The minimum Gasteiger partial charge on any atom is -0.349 e. The van der Waals surface area contributed by atoms with E-state index in [1.807, 2.05) is 50.2 Å². The summed E-state index contributed by atoms with van der Waals surface area (Å²) in [5.41, 5.74) is 2.65. The Labute approximate surface area is 146 Å². The van der Waals surface area contributed by atoms with Gasteiger partial charge in [-0.1, -0.05) is 18.2 Å². The van der Waals surface area contributed by atoms with Gasteiger partial charge in [0, 0.05) is 31.9 Å². The molecule has 1 atom stereocenters. The molecule has 0 radical (unpaired) electrons. The first-order chi connectivity index (χ1) is 12.1. The third kappa shape index (κ3) is 3.47. The molecular formula is C19H22N4O2. The summed E-state index contributed by atoms with van der Waals surface area (Å²) in [4.78, 5) is 28.9. The van der Waals surface area contributed by atoms with E-state index in [4.69, 9.17) is 0 Å². The predicted octanol–water partition coefficient (Wildman–Crippen LogP) is 2.49. The molecule has 0 saturated heterocycles. The van der Waals surface area contributed by atoms with Gasteiger partial charge in [-0.05, 0) is 37.6 Å². The fraction of sp³-hybridized carbons (Fsp3) is 0.316. The van der Waals surface area contributed by atoms with Gasteiger partial charge in [0.05, 0.1) is 17.1 Å². The summed E-state index contributed by atoms with van der Waals surface area (Å²) in [6, 6.07) is 11.3. The summed E-state index contributed by atoms with van der Waals surface area (Å²) >= 11 is 0. The zero-order valence-electron chi connectivity index (χ0n) is 14.5. The average molecular weight is 338 g/mol. The smallest absolute Gasteiger partial charge is 0.329 e. The quantitative estimate of drug-likeness (QED) is 0.751. The van der Waals surface area contributed by atoms with E-state index in [0.29, 0.717) is 13.1 Å². The van der Waals surface area contributed by atoms with Crippen LogP contribution in [0.25, 0.3) is 11.0 Å². The summed E-state index contributed by atoms with van der Waals surface area (Å²) in [5.74, 6) is -0.0865. The maximum atomic E-state index is 12.6. The lowest BCUT2D eigenvalue weighted by atomic mass is 10.1. The lowest BCUT2D eigenvalue weighted by molar-refractivity contribution is -0.121. The molecule has 0 saturated carbocycles. The van der Waals surface area contributed by atoms with Gasteiger partial charge in [-0.3, -0.25) is 18.9 Å². The van der Waals surface area contributed by atoms with Gasteiger partial charge in [0.25, 0.3) is 0 Å². The standard InChI is InChI=1S/C19H22N4O2/c1-3-22-16-8-4-5-9-17(16)23(19(22)25)12-10-18(24)21-14(2)15-7-6-11-20-13-15/h4-9,11,13-14H,3,10,12H2,1-2H3,(H,21,24). The highest BCUT2D eigenvalue weighted by molar-refractivity contribution is 5.78. The Hall–Kier alpha value is -2.89. The number of benzene rings is 1. The summed E-state index contributed by atoms with van der Waals surface area (Å²) < 4.78 is 3.40. The summed E-state index contributed by atoms with van der Waals surface area (Å²) in [7, 11) is 0. The number of para-hydroxylation sites is 2. The van der Waals surface area contributed by atoms with E-state index in [9.17, 15) is 9.59 Å². The van der Waals surface area contributed by atoms with Crippen molar-refractivity contribution in [2.24, 2.45) is 0 Å². The van der Waals surface area contributed by atoms with Crippen LogP contribution in [0.1, 0.15) is 31.9 Å². The van der Waals surface area contributed by atoms with Crippen LogP contribution < -0.4 is 11.0 Å². The third-order valence-electron chi connectivity index (χ3n) is 4.37. The first kappa shape index (κ1) is 17.0. The van der Waals surface area contributed by atoms with Gasteiger partial charge in [-0.15, -0.1) is 0 Å². The first-order valence-electron chi connectivity index (χ1n) is 8.49. The lowest BCUT2D eigenvalue weighted by Gasteiger charge is -2.14. The molecule has 0 bridgehead atoms. The van der Waals surface area contributed by atoms with Crippen LogP contribution in [0.3, 0.4) is 0 Å². The Balaban J connectivity index is 1.72. The van der Waals surface area contributed by atoms with E-state index in [0.717, 1.165) is 16.6 Å². The van der Waals surface area contributed by atoms with Gasteiger partial charge in [-0.2, -0.15) is 0 Å². The molecule has 130 valence electrons. The molecule has 0 fully saturated rings. The van der Waals surface area contributed by atoms with Crippen molar-refractivity contribution < 1.29 is 4.79 Å². The Morgan fingerprint density at radius 2 is 1.88 bits per heavy atom. The number of nitrogens with one attached hydrogen (secondary N) is 1. The Morgan fingerprint density at radius 1 is 1.16 bits per heavy atom. The van der Waals surface area contributed by atoms with Gasteiger partial charge in [-0.25, -0.2) is 4.79 Å². The molecule has 3 rings (SSSR count). The fourth-order valence-corrected chi connectivity index (χ4v) is 3.04. The molecular weight excluding hydrogens is 316 g/mol. The molecule has 0 aliphatic rings. The van der Waals surface area contributed by atoms with Gasteiger partial charge in [0.1, 0.15) is 0 Å². The van der Waals surface area contributed by atoms with Crippen LogP contribution >= 0.6 is 0 Å². The largest absolute Gasteiger partial charge is 0.349 e. The molecule has 3 aromatic rings. The topological polar surface area (TPSA) is 68.9 Å². The van der Waals surface area contributed by atoms with Crippen LogP contribution in [0.15, 0.2) is 53.6 Å². The normalized spacial score (nSPS) is 12.2. The number of amides is 1. The SMILES string of the molecule is CCn1c(=O)n(CCC(=O)NC(C)c2cccnc2)c2ccccc21. The molecule has 2 aromatic heterocycles. The van der Waals surface area contributed by atoms with Crippen molar-refractivity contribution >= 4 is 16.9 Å². The van der Waals surface area contributed by atoms with Crippen molar-refractivity contribution in [1.82, 2.24) is 19.4 Å². The molecule has 2 heterocycles. The highest BCUT2D eigenvalue weighted by atomic mass is 16.2. The summed E-state index contributed by atoms with van der Waals surface area (Å²) in [6.45, 7) is 4.83. The molecule has 6 heteroatoms. The highest BCUT2D eigenvalue weighted by Crippen LogP contribution is 2.14. The second-order valence-corrected chi connectivity index (χ2v) is 5.99. The number of aromatic nitrogens is 3. The molecule has 0 aliphatic carbocycles. The van der Waals surface area contributed by atoms with Crippen LogP contribution in [0, 0.1) is 0 Å². The average Bonchev–Trinajstić information content (AvgIpc) is 2.91. The van der Waals surface area contributed by atoms with Gasteiger partial charge >= 0.3 is 5.69 Å². The monoisotopic (exact) mass is 338 g/mol. The zero-order valence-corrected chi connectivity index (χ0v) is 14.5. The van der Waals surface area contributed by atoms with Gasteiger partial charge in [0.15, 0.2) is 0 Å². The number of pyridine rings is 1. The summed E-state index contributed by atoms with van der Waals surface area (Å²) in [5, 5.41) is 2.95. The number of rotatable bonds is 6. The van der Waals surface area contributed by atoms with Gasteiger partial charge in [0.2, 0.25) is 5.91 Å². The second kappa shape index (κ2) is 7.34. The van der Waals surface area contributed by atoms with Crippen molar-refractivity contribution in [3.05, 3.63) is 64.8 Å². The maximum absolute atomic E-state index is 12.6. The van der Waals surface area contributed by atoms with Crippen molar-refractivity contribution in [2.75, 3.05) is 0 Å². The number of hydrogen-bond acceptors (Lipinski definition) is 3. The van der Waals surface area contributed by atoms with E-state index < -0.39 is 0 Å². The van der Waals surface area contributed by atoms with Crippen LogP contribution in [-0.4, -0.2) is 20.0 Å². The third-order valence-corrected chi connectivity index (χ3v) is 4.37. The Kier molecular flexibility index (Phi) is 4.97. The van der Waals surface area contributed by atoms with E-state index in [1.54, 1.807) is 21.5 Å². The molecule has 1 amide bonds. The number of carbonyl (C=O) groups is 1. The van der Waals surface area contributed by atoms with E-state index in [2.05, 4.69) is 10.3 Å². The summed E-state index contributed by atoms with van der Waals surface area (Å²) in [6.07, 6.45) is 3.69. The molecule has 1 aromatic carbocycles. The van der Waals surface area contributed by atoms with Crippen LogP contribution in [-0.2, 0) is 17.9 Å². The highest BCUT2D eigenvalue weighted by Gasteiger charge is 2.14. The number of carbonyl (C=O) groups excluding carboxylic acids is 1. The van der Waals surface area contributed by atoms with Gasteiger partial charge < -0.3 is 5.32 Å². The maximum Gasteiger partial charge on any atom is 0.329 e. The second-order valence-electron chi connectivity index (χ2n) is 5.99. The molecule has 1 N–H and O–H groups in total. The van der Waals surface area contributed by atoms with Crippen LogP contribution in [0.4, 0.5) is 0 Å². The van der Waals surface area contributed by atoms with Crippen molar-refractivity contribution in [3.8, 4) is 0 Å². The number of fused-ring (bicyclic) bond motifs is 1. The van der Waals surface area contributed by atoms with Crippen molar-refractivity contribution in [2.45, 2.75) is 39.4 Å². The number of hydrogen-bond donors (Lipinski definition) is 1. The first-order valence-corrected chi connectivity index (χ1v) is 8.49. The molecule has 0 aliphatic heterocycles. The van der Waals surface area contributed by atoms with Crippen LogP contribution in [0.5, 0.6) is 0 Å². The number of imidazole rings is 1. The molecule has 1 unspecified atom stereocenters. The number of nitrogens with zero attached hydrogens (tertiary/aromatic N) is 3. The zero-order chi connectivity index (χ0) is 17.8. The van der Waals surface area contributed by atoms with Crippen molar-refractivity contribution in [1.29, 1.82) is 0 Å². The molecule has 6 nitrogen and oxygen atoms in total. The Bertz CT molecular complexity index is 927. The van der Waals surface area contributed by atoms with E-state index in [-0.39, 0.29) is 24.1 Å². The molecule has 0 spiro atoms. The number of aryl methyl sites for hydroxylation is 2. The minimum atomic E-state index is -0.116.